The first kappa shape index (κ1) is 12.3. The van der Waals surface area contributed by atoms with E-state index in [2.05, 4.69) is 16.9 Å². The van der Waals surface area contributed by atoms with Gasteiger partial charge >= 0.3 is 0 Å². The SMILES string of the molecule is CCCCc1cc(=S)nc(COCC)[nH]1. The highest BCUT2D eigenvalue weighted by atomic mass is 32.1. The molecule has 0 saturated heterocycles. The van der Waals surface area contributed by atoms with Crippen LogP contribution in [-0.4, -0.2) is 16.6 Å². The molecule has 15 heavy (non-hydrogen) atoms. The van der Waals surface area contributed by atoms with Gasteiger partial charge in [-0.3, -0.25) is 0 Å². The lowest BCUT2D eigenvalue weighted by Crippen LogP contribution is -2.02. The number of hydrogen-bond acceptors (Lipinski definition) is 3. The highest BCUT2D eigenvalue weighted by Crippen LogP contribution is 2.04. The number of aromatic amines is 1. The third-order valence-corrected chi connectivity index (χ3v) is 2.30. The van der Waals surface area contributed by atoms with Gasteiger partial charge in [0.15, 0.2) is 0 Å². The van der Waals surface area contributed by atoms with E-state index in [9.17, 15) is 0 Å². The molecule has 0 aliphatic carbocycles. The Bertz CT molecular complexity index is 319. The van der Waals surface area contributed by atoms with Gasteiger partial charge in [-0.05, 0) is 25.8 Å². The Morgan fingerprint density at radius 2 is 2.27 bits per heavy atom. The van der Waals surface area contributed by atoms with Crippen LogP contribution in [-0.2, 0) is 17.8 Å². The summed E-state index contributed by atoms with van der Waals surface area (Å²) in [4.78, 5) is 7.47. The van der Waals surface area contributed by atoms with Crippen LogP contribution in [0.4, 0.5) is 0 Å². The molecule has 0 fully saturated rings. The standard InChI is InChI=1S/C11H18N2OS/c1-3-5-6-9-7-11(15)13-10(12-9)8-14-4-2/h7H,3-6,8H2,1-2H3,(H,12,13,15). The van der Waals surface area contributed by atoms with Crippen LogP contribution in [0.3, 0.4) is 0 Å². The van der Waals surface area contributed by atoms with Gasteiger partial charge in [-0.15, -0.1) is 0 Å². The van der Waals surface area contributed by atoms with E-state index in [0.29, 0.717) is 17.9 Å². The lowest BCUT2D eigenvalue weighted by atomic mass is 10.2. The molecule has 0 atom stereocenters. The molecule has 0 aromatic carbocycles. The second-order valence-corrected chi connectivity index (χ2v) is 3.85. The summed E-state index contributed by atoms with van der Waals surface area (Å²) >= 11 is 5.10. The van der Waals surface area contributed by atoms with Gasteiger partial charge in [0.25, 0.3) is 0 Å². The molecule has 3 nitrogen and oxygen atoms in total. The molecule has 0 radical (unpaired) electrons. The highest BCUT2D eigenvalue weighted by molar-refractivity contribution is 7.71. The number of unbranched alkanes of at least 4 members (excludes halogenated alkanes) is 1. The van der Waals surface area contributed by atoms with E-state index in [0.717, 1.165) is 17.9 Å². The first-order chi connectivity index (χ1) is 7.26. The quantitative estimate of drug-likeness (QED) is 0.758. The van der Waals surface area contributed by atoms with Crippen LogP contribution in [0.5, 0.6) is 0 Å². The fourth-order valence-corrected chi connectivity index (χ4v) is 1.59. The van der Waals surface area contributed by atoms with E-state index in [1.54, 1.807) is 0 Å². The van der Waals surface area contributed by atoms with Crippen LogP contribution in [0.1, 0.15) is 38.2 Å². The van der Waals surface area contributed by atoms with Crippen molar-refractivity contribution in [2.75, 3.05) is 6.61 Å². The lowest BCUT2D eigenvalue weighted by molar-refractivity contribution is 0.128. The zero-order valence-corrected chi connectivity index (χ0v) is 10.2. The number of nitrogens with zero attached hydrogens (tertiary/aromatic N) is 1. The van der Waals surface area contributed by atoms with Crippen LogP contribution < -0.4 is 0 Å². The van der Waals surface area contributed by atoms with Crippen molar-refractivity contribution in [1.82, 2.24) is 9.97 Å². The third-order valence-electron chi connectivity index (χ3n) is 2.09. The largest absolute Gasteiger partial charge is 0.374 e. The first-order valence-electron chi connectivity index (χ1n) is 5.43. The van der Waals surface area contributed by atoms with Crippen molar-refractivity contribution in [1.29, 1.82) is 0 Å². The monoisotopic (exact) mass is 226 g/mol. The summed E-state index contributed by atoms with van der Waals surface area (Å²) in [5.41, 5.74) is 1.16. The van der Waals surface area contributed by atoms with Gasteiger partial charge in [-0.25, -0.2) is 4.98 Å². The Balaban J connectivity index is 2.71. The van der Waals surface area contributed by atoms with E-state index in [-0.39, 0.29) is 0 Å². The smallest absolute Gasteiger partial charge is 0.134 e. The molecule has 84 valence electrons. The van der Waals surface area contributed by atoms with Gasteiger partial charge in [-0.2, -0.15) is 0 Å². The van der Waals surface area contributed by atoms with Crippen LogP contribution in [0, 0.1) is 4.64 Å². The molecule has 0 aliphatic heterocycles. The van der Waals surface area contributed by atoms with Crippen LogP contribution in [0.25, 0.3) is 0 Å². The Morgan fingerprint density at radius 3 is 2.93 bits per heavy atom. The molecule has 1 aromatic rings. The van der Waals surface area contributed by atoms with Crippen molar-refractivity contribution < 1.29 is 4.74 Å². The number of aryl methyl sites for hydroxylation is 1. The summed E-state index contributed by atoms with van der Waals surface area (Å²) < 4.78 is 5.94. The van der Waals surface area contributed by atoms with Gasteiger partial charge in [0, 0.05) is 12.3 Å². The lowest BCUT2D eigenvalue weighted by Gasteiger charge is -2.05. The summed E-state index contributed by atoms with van der Waals surface area (Å²) in [5.74, 6) is 0.829. The minimum absolute atomic E-state index is 0.514. The summed E-state index contributed by atoms with van der Waals surface area (Å²) in [6, 6.07) is 1.93. The molecule has 0 amide bonds. The van der Waals surface area contributed by atoms with Crippen molar-refractivity contribution >= 4 is 12.2 Å². The average molecular weight is 226 g/mol. The van der Waals surface area contributed by atoms with E-state index in [1.807, 2.05) is 13.0 Å². The highest BCUT2D eigenvalue weighted by Gasteiger charge is 1.99. The Labute approximate surface area is 95.9 Å². The van der Waals surface area contributed by atoms with E-state index < -0.39 is 0 Å². The van der Waals surface area contributed by atoms with E-state index >= 15 is 0 Å². The molecule has 0 unspecified atom stereocenters. The average Bonchev–Trinajstić information content (AvgIpc) is 2.23. The van der Waals surface area contributed by atoms with Gasteiger partial charge < -0.3 is 9.72 Å². The number of rotatable bonds is 6. The maximum absolute atomic E-state index is 5.29. The normalized spacial score (nSPS) is 10.5. The topological polar surface area (TPSA) is 37.9 Å². The number of ether oxygens (including phenoxy) is 1. The molecule has 1 N–H and O–H groups in total. The molecule has 0 saturated carbocycles. The zero-order chi connectivity index (χ0) is 11.1. The molecule has 1 heterocycles. The molecule has 1 rings (SSSR count). The number of hydrogen-bond donors (Lipinski definition) is 1. The van der Waals surface area contributed by atoms with Gasteiger partial charge in [0.2, 0.25) is 0 Å². The van der Waals surface area contributed by atoms with Crippen molar-refractivity contribution in [3.8, 4) is 0 Å². The van der Waals surface area contributed by atoms with Crippen molar-refractivity contribution in [3.63, 3.8) is 0 Å². The second-order valence-electron chi connectivity index (χ2n) is 3.43. The summed E-state index contributed by atoms with van der Waals surface area (Å²) in [6.45, 7) is 5.36. The molecular weight excluding hydrogens is 208 g/mol. The van der Waals surface area contributed by atoms with Gasteiger partial charge in [-0.1, -0.05) is 25.6 Å². The number of aromatic nitrogens is 2. The number of nitrogens with one attached hydrogen (secondary N) is 1. The van der Waals surface area contributed by atoms with E-state index in [1.165, 1.54) is 12.8 Å². The van der Waals surface area contributed by atoms with Crippen LogP contribution in [0.15, 0.2) is 6.07 Å². The first-order valence-corrected chi connectivity index (χ1v) is 5.84. The van der Waals surface area contributed by atoms with Gasteiger partial charge in [0.1, 0.15) is 17.1 Å². The van der Waals surface area contributed by atoms with E-state index in [4.69, 9.17) is 17.0 Å². The maximum atomic E-state index is 5.29. The minimum Gasteiger partial charge on any atom is -0.374 e. The van der Waals surface area contributed by atoms with Gasteiger partial charge in [0.05, 0.1) is 0 Å². The molecule has 0 spiro atoms. The van der Waals surface area contributed by atoms with Crippen LogP contribution >= 0.6 is 12.2 Å². The predicted octanol–water partition coefficient (Wildman–Crippen LogP) is 3.02. The summed E-state index contributed by atoms with van der Waals surface area (Å²) in [7, 11) is 0. The fourth-order valence-electron chi connectivity index (χ4n) is 1.33. The third kappa shape index (κ3) is 4.53. The molecule has 0 bridgehead atoms. The summed E-state index contributed by atoms with van der Waals surface area (Å²) in [6.07, 6.45) is 3.38. The Hall–Kier alpha value is -0.740. The minimum atomic E-state index is 0.514. The zero-order valence-electron chi connectivity index (χ0n) is 9.38. The Kier molecular flexibility index (Phi) is 5.50. The molecule has 1 aromatic heterocycles. The van der Waals surface area contributed by atoms with Crippen LogP contribution in [0.2, 0.25) is 0 Å². The summed E-state index contributed by atoms with van der Waals surface area (Å²) in [5, 5.41) is 0. The molecule has 0 aliphatic rings. The van der Waals surface area contributed by atoms with Crippen molar-refractivity contribution in [2.45, 2.75) is 39.7 Å². The molecule has 4 heteroatoms. The second kappa shape index (κ2) is 6.69. The predicted molar refractivity (Wildman–Crippen MR) is 63.4 cm³/mol. The maximum Gasteiger partial charge on any atom is 0.134 e. The molecular formula is C11H18N2OS. The fraction of sp³-hybridized carbons (Fsp3) is 0.636. The number of H-pyrrole nitrogens is 1. The van der Waals surface area contributed by atoms with Crippen molar-refractivity contribution in [3.05, 3.63) is 22.2 Å². The van der Waals surface area contributed by atoms with Crippen molar-refractivity contribution in [2.24, 2.45) is 0 Å². The Morgan fingerprint density at radius 1 is 1.47 bits per heavy atom.